The fourth-order valence-electron chi connectivity index (χ4n) is 1.50. The van der Waals surface area contributed by atoms with Crippen LogP contribution in [0, 0.1) is 5.92 Å². The smallest absolute Gasteiger partial charge is 0.326 e. The molecule has 0 bridgehead atoms. The molecule has 0 saturated heterocycles. The molecule has 3 unspecified atom stereocenters. The van der Waals surface area contributed by atoms with Gasteiger partial charge in [-0.15, -0.1) is 0 Å². The molecular formula is C11H22N2O3. The van der Waals surface area contributed by atoms with E-state index in [4.69, 9.17) is 10.8 Å². The Hall–Kier alpha value is -1.10. The van der Waals surface area contributed by atoms with Gasteiger partial charge in [-0.05, 0) is 12.3 Å². The molecule has 0 aromatic rings. The van der Waals surface area contributed by atoms with Crippen molar-refractivity contribution in [3.63, 3.8) is 0 Å². The minimum atomic E-state index is -0.991. The third-order valence-corrected chi connectivity index (χ3v) is 3.03. The zero-order chi connectivity index (χ0) is 12.9. The number of carboxylic acids is 1. The summed E-state index contributed by atoms with van der Waals surface area (Å²) in [6, 6.07) is -1.41. The van der Waals surface area contributed by atoms with Crippen LogP contribution in [0.1, 0.15) is 33.6 Å². The third-order valence-electron chi connectivity index (χ3n) is 3.03. The third kappa shape index (κ3) is 3.48. The molecule has 0 aliphatic heterocycles. The second kappa shape index (κ2) is 6.48. The lowest BCUT2D eigenvalue weighted by Crippen LogP contribution is -2.51. The Morgan fingerprint density at radius 2 is 1.81 bits per heavy atom. The van der Waals surface area contributed by atoms with Crippen molar-refractivity contribution in [2.75, 3.05) is 7.05 Å². The van der Waals surface area contributed by atoms with Crippen molar-refractivity contribution in [3.8, 4) is 0 Å². The predicted octanol–water partition coefficient (Wildman–Crippen LogP) is 0.681. The maximum Gasteiger partial charge on any atom is 0.326 e. The van der Waals surface area contributed by atoms with Gasteiger partial charge < -0.3 is 15.7 Å². The molecular weight excluding hydrogens is 208 g/mol. The van der Waals surface area contributed by atoms with Crippen LogP contribution in [0.3, 0.4) is 0 Å². The zero-order valence-electron chi connectivity index (χ0n) is 10.4. The summed E-state index contributed by atoms with van der Waals surface area (Å²) >= 11 is 0. The molecule has 5 heteroatoms. The Morgan fingerprint density at radius 1 is 1.31 bits per heavy atom. The summed E-state index contributed by atoms with van der Waals surface area (Å²) in [7, 11) is 1.49. The number of carboxylic acid groups (broad SMARTS) is 1. The van der Waals surface area contributed by atoms with E-state index >= 15 is 0 Å². The second-order valence-corrected chi connectivity index (χ2v) is 4.12. The van der Waals surface area contributed by atoms with Gasteiger partial charge in [-0.1, -0.05) is 27.2 Å². The van der Waals surface area contributed by atoms with Crippen molar-refractivity contribution < 1.29 is 14.7 Å². The molecule has 3 N–H and O–H groups in total. The predicted molar refractivity (Wildman–Crippen MR) is 61.9 cm³/mol. The van der Waals surface area contributed by atoms with Crippen LogP contribution in [0.4, 0.5) is 0 Å². The molecule has 0 saturated carbocycles. The Bertz CT molecular complexity index is 256. The number of hydrogen-bond acceptors (Lipinski definition) is 3. The number of rotatable bonds is 6. The van der Waals surface area contributed by atoms with E-state index < -0.39 is 18.1 Å². The van der Waals surface area contributed by atoms with Gasteiger partial charge in [-0.3, -0.25) is 4.79 Å². The molecule has 0 heterocycles. The fraction of sp³-hybridized carbons (Fsp3) is 0.818. The highest BCUT2D eigenvalue weighted by Gasteiger charge is 2.29. The van der Waals surface area contributed by atoms with Crippen LogP contribution in [-0.4, -0.2) is 41.0 Å². The van der Waals surface area contributed by atoms with E-state index in [0.29, 0.717) is 6.42 Å². The summed E-state index contributed by atoms with van der Waals surface area (Å²) in [5.41, 5.74) is 5.78. The topological polar surface area (TPSA) is 83.6 Å². The van der Waals surface area contributed by atoms with E-state index in [-0.39, 0.29) is 11.8 Å². The maximum atomic E-state index is 11.9. The van der Waals surface area contributed by atoms with Gasteiger partial charge >= 0.3 is 5.97 Å². The van der Waals surface area contributed by atoms with Crippen LogP contribution in [-0.2, 0) is 9.59 Å². The first kappa shape index (κ1) is 14.9. The van der Waals surface area contributed by atoms with Gasteiger partial charge in [-0.25, -0.2) is 4.79 Å². The van der Waals surface area contributed by atoms with E-state index in [2.05, 4.69) is 0 Å². The number of nitrogens with zero attached hydrogens (tertiary/aromatic N) is 1. The van der Waals surface area contributed by atoms with Gasteiger partial charge in [0.15, 0.2) is 0 Å². The average Bonchev–Trinajstić information content (AvgIpc) is 2.26. The fourth-order valence-corrected chi connectivity index (χ4v) is 1.50. The normalized spacial score (nSPS) is 16.3. The molecule has 0 spiro atoms. The standard InChI is InChI=1S/C11H22N2O3/c1-5-7(3)9(12)10(14)13(4)8(6-2)11(15)16/h7-9H,5-6,12H2,1-4H3,(H,15,16). The zero-order valence-corrected chi connectivity index (χ0v) is 10.4. The molecule has 0 fully saturated rings. The van der Waals surface area contributed by atoms with E-state index in [1.807, 2.05) is 13.8 Å². The molecule has 5 nitrogen and oxygen atoms in total. The Labute approximate surface area is 96.6 Å². The van der Waals surface area contributed by atoms with Crippen LogP contribution in [0.15, 0.2) is 0 Å². The molecule has 1 amide bonds. The molecule has 0 aliphatic rings. The monoisotopic (exact) mass is 230 g/mol. The first-order valence-electron chi connectivity index (χ1n) is 5.61. The van der Waals surface area contributed by atoms with Gasteiger partial charge in [0.1, 0.15) is 6.04 Å². The van der Waals surface area contributed by atoms with Crippen molar-refractivity contribution in [2.24, 2.45) is 11.7 Å². The van der Waals surface area contributed by atoms with Crippen molar-refractivity contribution in [2.45, 2.75) is 45.7 Å². The van der Waals surface area contributed by atoms with Gasteiger partial charge in [-0.2, -0.15) is 0 Å². The van der Waals surface area contributed by atoms with Crippen LogP contribution < -0.4 is 5.73 Å². The van der Waals surface area contributed by atoms with Crippen LogP contribution in [0.5, 0.6) is 0 Å². The number of carbonyl (C=O) groups is 2. The maximum absolute atomic E-state index is 11.9. The lowest BCUT2D eigenvalue weighted by molar-refractivity contribution is -0.150. The number of likely N-dealkylation sites (N-methyl/N-ethyl adjacent to an activating group) is 1. The van der Waals surface area contributed by atoms with Crippen LogP contribution >= 0.6 is 0 Å². The quantitative estimate of drug-likeness (QED) is 0.703. The molecule has 16 heavy (non-hydrogen) atoms. The number of aliphatic carboxylic acids is 1. The van der Waals surface area contributed by atoms with Gasteiger partial charge in [0.2, 0.25) is 5.91 Å². The lowest BCUT2D eigenvalue weighted by Gasteiger charge is -2.28. The van der Waals surface area contributed by atoms with E-state index in [9.17, 15) is 9.59 Å². The molecule has 3 atom stereocenters. The van der Waals surface area contributed by atoms with Crippen molar-refractivity contribution in [3.05, 3.63) is 0 Å². The van der Waals surface area contributed by atoms with E-state index in [0.717, 1.165) is 6.42 Å². The highest BCUT2D eigenvalue weighted by Crippen LogP contribution is 2.11. The van der Waals surface area contributed by atoms with Crippen molar-refractivity contribution >= 4 is 11.9 Å². The summed E-state index contributed by atoms with van der Waals surface area (Å²) in [6.07, 6.45) is 1.18. The summed E-state index contributed by atoms with van der Waals surface area (Å²) < 4.78 is 0. The molecule has 0 aromatic heterocycles. The second-order valence-electron chi connectivity index (χ2n) is 4.12. The lowest BCUT2D eigenvalue weighted by atomic mass is 9.98. The molecule has 0 aromatic carbocycles. The highest BCUT2D eigenvalue weighted by atomic mass is 16.4. The summed E-state index contributed by atoms with van der Waals surface area (Å²) in [6.45, 7) is 5.57. The minimum Gasteiger partial charge on any atom is -0.480 e. The molecule has 0 radical (unpaired) electrons. The van der Waals surface area contributed by atoms with Gasteiger partial charge in [0.05, 0.1) is 6.04 Å². The number of carbonyl (C=O) groups excluding carboxylic acids is 1. The summed E-state index contributed by atoms with van der Waals surface area (Å²) in [5, 5.41) is 8.94. The van der Waals surface area contributed by atoms with Crippen LogP contribution in [0.2, 0.25) is 0 Å². The minimum absolute atomic E-state index is 0.0567. The molecule has 94 valence electrons. The van der Waals surface area contributed by atoms with E-state index in [1.165, 1.54) is 11.9 Å². The van der Waals surface area contributed by atoms with Crippen LogP contribution in [0.25, 0.3) is 0 Å². The number of hydrogen-bond donors (Lipinski definition) is 2. The number of nitrogens with two attached hydrogens (primary N) is 1. The van der Waals surface area contributed by atoms with Crippen molar-refractivity contribution in [1.29, 1.82) is 0 Å². The summed E-state index contributed by atoms with van der Waals surface area (Å²) in [4.78, 5) is 24.0. The van der Waals surface area contributed by atoms with Crippen molar-refractivity contribution in [1.82, 2.24) is 4.90 Å². The van der Waals surface area contributed by atoms with Gasteiger partial charge in [0, 0.05) is 7.05 Å². The first-order chi connectivity index (χ1) is 7.36. The Kier molecular flexibility index (Phi) is 6.03. The van der Waals surface area contributed by atoms with E-state index in [1.54, 1.807) is 6.92 Å². The Morgan fingerprint density at radius 3 is 2.12 bits per heavy atom. The highest BCUT2D eigenvalue weighted by molar-refractivity contribution is 5.86. The Balaban J connectivity index is 4.65. The SMILES string of the molecule is CCC(C)C(N)C(=O)N(C)C(CC)C(=O)O. The molecule has 0 aliphatic carbocycles. The summed E-state index contributed by atoms with van der Waals surface area (Å²) in [5.74, 6) is -1.24. The molecule has 0 rings (SSSR count). The largest absolute Gasteiger partial charge is 0.480 e. The van der Waals surface area contributed by atoms with Gasteiger partial charge in [0.25, 0.3) is 0 Å². The first-order valence-corrected chi connectivity index (χ1v) is 5.61. The average molecular weight is 230 g/mol. The number of amides is 1.